The standard InChI is InChI=1S/C9H9Cl2FN2O2S2/c1-4(9(13)17)14-18(15,16)6-3-2-5(10)8(12)7(6)11/h2-4,14H,1H3,(H2,13,17). The van der Waals surface area contributed by atoms with Crippen molar-refractivity contribution in [3.63, 3.8) is 0 Å². The lowest BCUT2D eigenvalue weighted by Crippen LogP contribution is -2.41. The summed E-state index contributed by atoms with van der Waals surface area (Å²) in [5.41, 5.74) is 5.29. The van der Waals surface area contributed by atoms with Crippen molar-refractivity contribution in [2.24, 2.45) is 5.73 Å². The van der Waals surface area contributed by atoms with E-state index in [9.17, 15) is 12.8 Å². The summed E-state index contributed by atoms with van der Waals surface area (Å²) in [5, 5.41) is -0.841. The molecule has 0 saturated heterocycles. The van der Waals surface area contributed by atoms with Crippen molar-refractivity contribution in [3.8, 4) is 0 Å². The topological polar surface area (TPSA) is 72.2 Å². The van der Waals surface area contributed by atoms with Crippen LogP contribution in [0, 0.1) is 5.82 Å². The van der Waals surface area contributed by atoms with Crippen molar-refractivity contribution in [2.45, 2.75) is 17.9 Å². The maximum Gasteiger partial charge on any atom is 0.242 e. The second-order valence-corrected chi connectivity index (χ2v) is 6.36. The molecule has 0 aliphatic rings. The quantitative estimate of drug-likeness (QED) is 0.655. The number of thiocarbonyl (C=S) groups is 1. The van der Waals surface area contributed by atoms with Crippen molar-refractivity contribution in [2.75, 3.05) is 0 Å². The van der Waals surface area contributed by atoms with Crippen LogP contribution in [0.4, 0.5) is 4.39 Å². The largest absolute Gasteiger partial charge is 0.392 e. The molecule has 4 nitrogen and oxygen atoms in total. The minimum absolute atomic E-state index is 0.0378. The molecule has 0 amide bonds. The Morgan fingerprint density at radius 3 is 2.56 bits per heavy atom. The lowest BCUT2D eigenvalue weighted by molar-refractivity contribution is 0.575. The molecule has 1 aromatic rings. The SMILES string of the molecule is CC(NS(=O)(=O)c1ccc(Cl)c(F)c1Cl)C(N)=S. The average molecular weight is 331 g/mol. The van der Waals surface area contributed by atoms with Crippen LogP contribution in [0.25, 0.3) is 0 Å². The molecule has 0 radical (unpaired) electrons. The van der Waals surface area contributed by atoms with Gasteiger partial charge in [0.1, 0.15) is 4.90 Å². The van der Waals surface area contributed by atoms with Gasteiger partial charge >= 0.3 is 0 Å². The molecule has 100 valence electrons. The summed E-state index contributed by atoms with van der Waals surface area (Å²) in [7, 11) is -4.02. The number of rotatable bonds is 4. The van der Waals surface area contributed by atoms with Crippen LogP contribution in [0.2, 0.25) is 10.0 Å². The highest BCUT2D eigenvalue weighted by Gasteiger charge is 2.24. The van der Waals surface area contributed by atoms with E-state index in [1.165, 1.54) is 6.92 Å². The Labute approximate surface area is 119 Å². The summed E-state index contributed by atoms with van der Waals surface area (Å²) in [5.74, 6) is -0.996. The van der Waals surface area contributed by atoms with Crippen LogP contribution in [0.15, 0.2) is 17.0 Å². The molecule has 0 aliphatic carbocycles. The van der Waals surface area contributed by atoms with E-state index in [1.807, 2.05) is 0 Å². The molecular formula is C9H9Cl2FN2O2S2. The van der Waals surface area contributed by atoms with Crippen LogP contribution in [0.3, 0.4) is 0 Å². The summed E-state index contributed by atoms with van der Waals surface area (Å²) in [6, 6.07) is 1.42. The van der Waals surface area contributed by atoms with Crippen LogP contribution >= 0.6 is 35.4 Å². The van der Waals surface area contributed by atoms with E-state index in [-0.39, 0.29) is 10.0 Å². The molecule has 1 rings (SSSR count). The molecule has 0 aliphatic heterocycles. The molecule has 18 heavy (non-hydrogen) atoms. The van der Waals surface area contributed by atoms with Gasteiger partial charge in [-0.25, -0.2) is 17.5 Å². The number of hydrogen-bond donors (Lipinski definition) is 2. The fourth-order valence-corrected chi connectivity index (χ4v) is 3.17. The third kappa shape index (κ3) is 3.30. The Balaban J connectivity index is 3.22. The van der Waals surface area contributed by atoms with Crippen LogP contribution in [-0.4, -0.2) is 19.4 Å². The minimum Gasteiger partial charge on any atom is -0.392 e. The van der Waals surface area contributed by atoms with E-state index >= 15 is 0 Å². The van der Waals surface area contributed by atoms with Crippen molar-refractivity contribution in [1.82, 2.24) is 4.72 Å². The zero-order chi connectivity index (χ0) is 14.1. The third-order valence-electron chi connectivity index (χ3n) is 2.05. The van der Waals surface area contributed by atoms with Gasteiger partial charge in [0, 0.05) is 0 Å². The van der Waals surface area contributed by atoms with E-state index in [0.29, 0.717) is 0 Å². The van der Waals surface area contributed by atoms with Gasteiger partial charge in [0.15, 0.2) is 5.82 Å². The van der Waals surface area contributed by atoms with E-state index in [0.717, 1.165) is 12.1 Å². The molecule has 1 atom stereocenters. The first-order valence-corrected chi connectivity index (χ1v) is 7.26. The van der Waals surface area contributed by atoms with Gasteiger partial charge in [0.05, 0.1) is 21.1 Å². The van der Waals surface area contributed by atoms with Crippen LogP contribution in [0.5, 0.6) is 0 Å². The van der Waals surface area contributed by atoms with Crippen molar-refractivity contribution in [3.05, 3.63) is 28.0 Å². The van der Waals surface area contributed by atoms with Gasteiger partial charge in [-0.2, -0.15) is 0 Å². The van der Waals surface area contributed by atoms with Gasteiger partial charge in [0.25, 0.3) is 0 Å². The average Bonchev–Trinajstić information content (AvgIpc) is 2.24. The number of sulfonamides is 1. The van der Waals surface area contributed by atoms with Gasteiger partial charge in [-0.1, -0.05) is 35.4 Å². The first kappa shape index (κ1) is 15.6. The Morgan fingerprint density at radius 1 is 1.50 bits per heavy atom. The Morgan fingerprint density at radius 2 is 2.06 bits per heavy atom. The molecule has 0 saturated carbocycles. The van der Waals surface area contributed by atoms with Crippen molar-refractivity contribution >= 4 is 50.4 Å². The van der Waals surface area contributed by atoms with E-state index in [2.05, 4.69) is 16.9 Å². The molecule has 1 aromatic carbocycles. The summed E-state index contributed by atoms with van der Waals surface area (Å²) in [4.78, 5) is -0.460. The van der Waals surface area contributed by atoms with Crippen LogP contribution in [-0.2, 0) is 10.0 Å². The lowest BCUT2D eigenvalue weighted by Gasteiger charge is -2.14. The van der Waals surface area contributed by atoms with Crippen LogP contribution < -0.4 is 10.5 Å². The molecule has 0 aromatic heterocycles. The van der Waals surface area contributed by atoms with Gasteiger partial charge in [0.2, 0.25) is 10.0 Å². The van der Waals surface area contributed by atoms with Crippen molar-refractivity contribution < 1.29 is 12.8 Å². The molecule has 0 fully saturated rings. The Bertz CT molecular complexity index is 592. The zero-order valence-corrected chi connectivity index (χ0v) is 12.2. The molecule has 0 spiro atoms. The second-order valence-electron chi connectivity index (χ2n) is 3.42. The molecule has 9 heteroatoms. The number of hydrogen-bond acceptors (Lipinski definition) is 3. The Kier molecular flexibility index (Phi) is 4.90. The number of halogens is 3. The van der Waals surface area contributed by atoms with E-state index in [4.69, 9.17) is 28.9 Å². The monoisotopic (exact) mass is 330 g/mol. The normalized spacial score (nSPS) is 13.3. The van der Waals surface area contributed by atoms with Gasteiger partial charge < -0.3 is 5.73 Å². The summed E-state index contributed by atoms with van der Waals surface area (Å²) >= 11 is 15.7. The highest BCUT2D eigenvalue weighted by molar-refractivity contribution is 7.89. The van der Waals surface area contributed by atoms with E-state index in [1.54, 1.807) is 0 Å². The van der Waals surface area contributed by atoms with Crippen molar-refractivity contribution in [1.29, 1.82) is 0 Å². The highest BCUT2D eigenvalue weighted by Crippen LogP contribution is 2.29. The fourth-order valence-electron chi connectivity index (χ4n) is 1.07. The minimum atomic E-state index is -4.02. The smallest absolute Gasteiger partial charge is 0.242 e. The predicted octanol–water partition coefficient (Wildman–Crippen LogP) is 2.09. The molecular weight excluding hydrogens is 322 g/mol. The lowest BCUT2D eigenvalue weighted by atomic mass is 10.3. The molecule has 0 heterocycles. The zero-order valence-electron chi connectivity index (χ0n) is 9.08. The first-order valence-electron chi connectivity index (χ1n) is 4.62. The second kappa shape index (κ2) is 5.66. The first-order chi connectivity index (χ1) is 8.16. The number of nitrogens with two attached hydrogens (primary N) is 1. The summed E-state index contributed by atoms with van der Waals surface area (Å²) in [6.45, 7) is 1.46. The maximum absolute atomic E-state index is 13.4. The van der Waals surface area contributed by atoms with Crippen LogP contribution in [0.1, 0.15) is 6.92 Å². The molecule has 3 N–H and O–H groups in total. The van der Waals surface area contributed by atoms with Gasteiger partial charge in [-0.3, -0.25) is 0 Å². The maximum atomic E-state index is 13.4. The molecule has 0 bridgehead atoms. The Hall–Kier alpha value is -0.470. The van der Waals surface area contributed by atoms with Gasteiger partial charge in [-0.05, 0) is 19.1 Å². The fraction of sp³-hybridized carbons (Fsp3) is 0.222. The van der Waals surface area contributed by atoms with E-state index < -0.39 is 31.8 Å². The number of benzene rings is 1. The van der Waals surface area contributed by atoms with Gasteiger partial charge in [-0.15, -0.1) is 0 Å². The predicted molar refractivity (Wildman–Crippen MR) is 73.0 cm³/mol. The molecule has 1 unspecified atom stereocenters. The third-order valence-corrected chi connectivity index (χ3v) is 4.76. The summed E-state index contributed by atoms with van der Waals surface area (Å²) in [6.07, 6.45) is 0. The highest BCUT2D eigenvalue weighted by atomic mass is 35.5. The summed E-state index contributed by atoms with van der Waals surface area (Å²) < 4.78 is 39.4. The number of nitrogens with one attached hydrogen (secondary N) is 1.